The summed E-state index contributed by atoms with van der Waals surface area (Å²) < 4.78 is 4.92. The molecule has 0 bridgehead atoms. The van der Waals surface area contributed by atoms with Gasteiger partial charge in [-0.15, -0.1) is 10.2 Å². The van der Waals surface area contributed by atoms with E-state index in [1.54, 1.807) is 13.0 Å². The van der Waals surface area contributed by atoms with Crippen LogP contribution in [0.1, 0.15) is 11.7 Å². The molecule has 8 heteroatoms. The summed E-state index contributed by atoms with van der Waals surface area (Å²) in [7, 11) is 0. The summed E-state index contributed by atoms with van der Waals surface area (Å²) in [6, 6.07) is 1.57. The maximum absolute atomic E-state index is 5.81. The van der Waals surface area contributed by atoms with Crippen molar-refractivity contribution in [3.63, 3.8) is 0 Å². The lowest BCUT2D eigenvalue weighted by Gasteiger charge is -2.04. The predicted octanol–water partition coefficient (Wildman–Crippen LogP) is 2.09. The van der Waals surface area contributed by atoms with Crippen LogP contribution in [0.5, 0.6) is 0 Å². The van der Waals surface area contributed by atoms with Crippen molar-refractivity contribution in [2.75, 3.05) is 5.32 Å². The fourth-order valence-electron chi connectivity index (χ4n) is 1.06. The minimum Gasteiger partial charge on any atom is -0.373 e. The van der Waals surface area contributed by atoms with Gasteiger partial charge in [0.1, 0.15) is 0 Å². The van der Waals surface area contributed by atoms with Gasteiger partial charge in [-0.05, 0) is 6.92 Å². The standard InChI is InChI=1S/C8H7Cl2N5O/c1-4-12-7(16-15-4)3-11-5-2-6(9)13-14-8(5)10/h2H,3H2,1H3,(H,11,13). The number of nitrogens with one attached hydrogen (secondary N) is 1. The Balaban J connectivity index is 2.07. The average Bonchev–Trinajstić information content (AvgIpc) is 2.66. The van der Waals surface area contributed by atoms with Crippen LogP contribution in [0.15, 0.2) is 10.6 Å². The molecule has 2 aromatic rings. The molecule has 16 heavy (non-hydrogen) atoms. The van der Waals surface area contributed by atoms with Crippen LogP contribution in [-0.4, -0.2) is 20.3 Å². The van der Waals surface area contributed by atoms with E-state index in [4.69, 9.17) is 27.7 Å². The molecule has 0 spiro atoms. The van der Waals surface area contributed by atoms with Crippen molar-refractivity contribution in [1.82, 2.24) is 20.3 Å². The summed E-state index contributed by atoms with van der Waals surface area (Å²) in [5.41, 5.74) is 0.567. The fourth-order valence-corrected chi connectivity index (χ4v) is 1.37. The molecule has 0 aliphatic carbocycles. The monoisotopic (exact) mass is 259 g/mol. The van der Waals surface area contributed by atoms with Crippen LogP contribution in [0.4, 0.5) is 5.69 Å². The van der Waals surface area contributed by atoms with Gasteiger partial charge in [-0.3, -0.25) is 0 Å². The number of nitrogens with zero attached hydrogens (tertiary/aromatic N) is 4. The van der Waals surface area contributed by atoms with Crippen molar-refractivity contribution in [2.45, 2.75) is 13.5 Å². The molecular formula is C8H7Cl2N5O. The quantitative estimate of drug-likeness (QED) is 0.910. The van der Waals surface area contributed by atoms with Gasteiger partial charge >= 0.3 is 0 Å². The van der Waals surface area contributed by atoms with Crippen LogP contribution in [-0.2, 0) is 6.54 Å². The van der Waals surface area contributed by atoms with Crippen molar-refractivity contribution >= 4 is 28.9 Å². The van der Waals surface area contributed by atoms with Crippen LogP contribution >= 0.6 is 23.2 Å². The Hall–Kier alpha value is -1.40. The Kier molecular flexibility index (Phi) is 3.21. The van der Waals surface area contributed by atoms with Gasteiger partial charge in [0.05, 0.1) is 12.2 Å². The highest BCUT2D eigenvalue weighted by Crippen LogP contribution is 2.21. The maximum atomic E-state index is 5.81. The summed E-state index contributed by atoms with van der Waals surface area (Å²) in [5.74, 6) is 1.04. The third kappa shape index (κ3) is 2.59. The zero-order valence-corrected chi connectivity index (χ0v) is 9.75. The van der Waals surface area contributed by atoms with Crippen LogP contribution < -0.4 is 5.32 Å². The molecule has 0 radical (unpaired) electrons. The Morgan fingerprint density at radius 3 is 2.88 bits per heavy atom. The molecule has 2 rings (SSSR count). The summed E-state index contributed by atoms with van der Waals surface area (Å²) in [6.45, 7) is 2.09. The zero-order chi connectivity index (χ0) is 11.5. The molecule has 0 unspecified atom stereocenters. The van der Waals surface area contributed by atoms with E-state index in [9.17, 15) is 0 Å². The zero-order valence-electron chi connectivity index (χ0n) is 8.24. The Morgan fingerprint density at radius 1 is 1.38 bits per heavy atom. The molecule has 2 heterocycles. The highest BCUT2D eigenvalue weighted by atomic mass is 35.5. The number of anilines is 1. The lowest BCUT2D eigenvalue weighted by Crippen LogP contribution is -2.02. The minimum absolute atomic E-state index is 0.237. The minimum atomic E-state index is 0.237. The SMILES string of the molecule is Cc1noc(CNc2cc(Cl)nnc2Cl)n1. The molecule has 0 aliphatic rings. The van der Waals surface area contributed by atoms with Gasteiger partial charge in [0.2, 0.25) is 5.89 Å². The lowest BCUT2D eigenvalue weighted by atomic mass is 10.4. The summed E-state index contributed by atoms with van der Waals surface area (Å²) in [6.07, 6.45) is 0. The van der Waals surface area contributed by atoms with Gasteiger partial charge < -0.3 is 9.84 Å². The number of hydrogen-bond donors (Lipinski definition) is 1. The van der Waals surface area contributed by atoms with Crippen LogP contribution in [0, 0.1) is 6.92 Å². The maximum Gasteiger partial charge on any atom is 0.245 e. The number of hydrogen-bond acceptors (Lipinski definition) is 6. The average molecular weight is 260 g/mol. The Labute approximate surface area is 101 Å². The van der Waals surface area contributed by atoms with Crippen molar-refractivity contribution < 1.29 is 4.52 Å². The normalized spacial score (nSPS) is 10.4. The molecule has 0 atom stereocenters. The van der Waals surface area contributed by atoms with E-state index in [1.807, 2.05) is 0 Å². The first-order chi connectivity index (χ1) is 7.65. The largest absolute Gasteiger partial charge is 0.373 e. The Morgan fingerprint density at radius 2 is 2.19 bits per heavy atom. The summed E-state index contributed by atoms with van der Waals surface area (Å²) in [5, 5.41) is 14.4. The topological polar surface area (TPSA) is 76.7 Å². The summed E-state index contributed by atoms with van der Waals surface area (Å²) in [4.78, 5) is 4.03. The van der Waals surface area contributed by atoms with E-state index in [-0.39, 0.29) is 10.3 Å². The molecule has 84 valence electrons. The van der Waals surface area contributed by atoms with Gasteiger partial charge in [-0.2, -0.15) is 4.98 Å². The van der Waals surface area contributed by atoms with Crippen LogP contribution in [0.2, 0.25) is 10.3 Å². The van der Waals surface area contributed by atoms with E-state index >= 15 is 0 Å². The lowest BCUT2D eigenvalue weighted by molar-refractivity contribution is 0.379. The molecule has 0 saturated heterocycles. The summed E-state index contributed by atoms with van der Waals surface area (Å²) >= 11 is 11.5. The second-order valence-corrected chi connectivity index (χ2v) is 3.71. The number of aromatic nitrogens is 4. The number of halogens is 2. The van der Waals surface area contributed by atoms with Gasteiger partial charge in [0.25, 0.3) is 0 Å². The van der Waals surface area contributed by atoms with Gasteiger partial charge in [-0.25, -0.2) is 0 Å². The molecule has 0 fully saturated rings. The first-order valence-corrected chi connectivity index (χ1v) is 5.12. The first kappa shape index (κ1) is 11.1. The fraction of sp³-hybridized carbons (Fsp3) is 0.250. The highest BCUT2D eigenvalue weighted by molar-refractivity contribution is 6.33. The van der Waals surface area contributed by atoms with Crippen molar-refractivity contribution in [3.05, 3.63) is 28.1 Å². The molecule has 2 aromatic heterocycles. The molecule has 6 nitrogen and oxygen atoms in total. The molecule has 0 saturated carbocycles. The molecular weight excluding hydrogens is 253 g/mol. The first-order valence-electron chi connectivity index (χ1n) is 4.37. The molecule has 0 amide bonds. The molecule has 0 aliphatic heterocycles. The van der Waals surface area contributed by atoms with E-state index in [0.717, 1.165) is 0 Å². The third-order valence-corrected chi connectivity index (χ3v) is 2.18. The van der Waals surface area contributed by atoms with E-state index in [2.05, 4.69) is 25.7 Å². The van der Waals surface area contributed by atoms with Gasteiger partial charge in [0, 0.05) is 6.07 Å². The van der Waals surface area contributed by atoms with Crippen LogP contribution in [0.25, 0.3) is 0 Å². The highest BCUT2D eigenvalue weighted by Gasteiger charge is 2.06. The number of aryl methyl sites for hydroxylation is 1. The Bertz CT molecular complexity index is 501. The van der Waals surface area contributed by atoms with Crippen LogP contribution in [0.3, 0.4) is 0 Å². The predicted molar refractivity (Wildman–Crippen MR) is 58.4 cm³/mol. The molecule has 0 aromatic carbocycles. The van der Waals surface area contributed by atoms with Gasteiger partial charge in [-0.1, -0.05) is 28.4 Å². The van der Waals surface area contributed by atoms with Crippen molar-refractivity contribution in [3.8, 4) is 0 Å². The van der Waals surface area contributed by atoms with E-state index in [1.165, 1.54) is 0 Å². The van der Waals surface area contributed by atoms with Gasteiger partial charge in [0.15, 0.2) is 16.1 Å². The second kappa shape index (κ2) is 4.63. The molecule has 1 N–H and O–H groups in total. The van der Waals surface area contributed by atoms with Crippen molar-refractivity contribution in [2.24, 2.45) is 0 Å². The smallest absolute Gasteiger partial charge is 0.245 e. The van der Waals surface area contributed by atoms with E-state index in [0.29, 0.717) is 23.9 Å². The second-order valence-electron chi connectivity index (χ2n) is 2.96. The van der Waals surface area contributed by atoms with E-state index < -0.39 is 0 Å². The van der Waals surface area contributed by atoms with Crippen molar-refractivity contribution in [1.29, 1.82) is 0 Å². The third-order valence-electron chi connectivity index (χ3n) is 1.72. The number of rotatable bonds is 3.